The van der Waals surface area contributed by atoms with Gasteiger partial charge in [-0.2, -0.15) is 0 Å². The number of carbonyl (C=O) groups is 1. The molecule has 0 bridgehead atoms. The van der Waals surface area contributed by atoms with Crippen LogP contribution in [0.3, 0.4) is 0 Å². The maximum Gasteiger partial charge on any atom is 0.358 e. The van der Waals surface area contributed by atoms with Gasteiger partial charge in [0.05, 0.1) is 6.61 Å². The van der Waals surface area contributed by atoms with Crippen molar-refractivity contribution in [1.29, 1.82) is 0 Å². The van der Waals surface area contributed by atoms with Crippen LogP contribution in [0.1, 0.15) is 49.5 Å². The average Bonchev–Trinajstić information content (AvgIpc) is 2.58. The van der Waals surface area contributed by atoms with Gasteiger partial charge in [-0.05, 0) is 25.7 Å². The summed E-state index contributed by atoms with van der Waals surface area (Å²) in [7, 11) is 0. The van der Waals surface area contributed by atoms with Gasteiger partial charge in [-0.1, -0.05) is 20.8 Å². The average molecular weight is 270 g/mol. The molecule has 1 N–H and O–H groups in total. The summed E-state index contributed by atoms with van der Waals surface area (Å²) in [6.07, 6.45) is 1.06. The van der Waals surface area contributed by atoms with Gasteiger partial charge in [0.2, 0.25) is 0 Å². The van der Waals surface area contributed by atoms with Gasteiger partial charge >= 0.3 is 5.97 Å². The van der Waals surface area contributed by atoms with Gasteiger partial charge in [0.25, 0.3) is 0 Å². The lowest BCUT2D eigenvalue weighted by Gasteiger charge is -2.17. The predicted molar refractivity (Wildman–Crippen MR) is 75.4 cm³/mol. The van der Waals surface area contributed by atoms with E-state index in [0.29, 0.717) is 17.7 Å². The zero-order chi connectivity index (χ0) is 13.8. The number of hydrogen-bond donors (Lipinski definition) is 1. The van der Waals surface area contributed by atoms with Gasteiger partial charge in [0, 0.05) is 11.4 Å². The predicted octanol–water partition coefficient (Wildman–Crippen LogP) is 3.48. The number of thiazole rings is 1. The first-order chi connectivity index (χ1) is 8.33. The largest absolute Gasteiger partial charge is 0.461 e. The summed E-state index contributed by atoms with van der Waals surface area (Å²) in [5.41, 5.74) is 0.726. The second kappa shape index (κ2) is 6.18. The third-order valence-electron chi connectivity index (χ3n) is 2.42. The van der Waals surface area contributed by atoms with Crippen molar-refractivity contribution in [2.24, 2.45) is 5.41 Å². The van der Waals surface area contributed by atoms with Crippen LogP contribution in [0.5, 0.6) is 0 Å². The fourth-order valence-electron chi connectivity index (χ4n) is 1.41. The molecule has 0 amide bonds. The first-order valence-corrected chi connectivity index (χ1v) is 7.03. The van der Waals surface area contributed by atoms with Crippen LogP contribution in [-0.4, -0.2) is 24.1 Å². The number of aromatic nitrogens is 1. The van der Waals surface area contributed by atoms with Crippen molar-refractivity contribution < 1.29 is 9.53 Å². The van der Waals surface area contributed by atoms with E-state index < -0.39 is 0 Å². The zero-order valence-corrected chi connectivity index (χ0v) is 12.6. The van der Waals surface area contributed by atoms with Gasteiger partial charge in [-0.3, -0.25) is 0 Å². The molecular weight excluding hydrogens is 248 g/mol. The standard InChI is InChI=1S/C13H22N2O2S/c1-6-17-11(16)10-9(2)18-12(15-10)14-8-7-13(3,4)5/h6-8H2,1-5H3,(H,14,15). The lowest BCUT2D eigenvalue weighted by molar-refractivity contribution is 0.0519. The Morgan fingerprint density at radius 1 is 1.44 bits per heavy atom. The van der Waals surface area contributed by atoms with Crippen LogP contribution >= 0.6 is 11.3 Å². The topological polar surface area (TPSA) is 51.2 Å². The van der Waals surface area contributed by atoms with Crippen molar-refractivity contribution in [1.82, 2.24) is 4.98 Å². The Balaban J connectivity index is 2.59. The molecule has 0 atom stereocenters. The van der Waals surface area contributed by atoms with Gasteiger partial charge in [-0.15, -0.1) is 11.3 Å². The van der Waals surface area contributed by atoms with E-state index in [0.717, 1.165) is 23.0 Å². The van der Waals surface area contributed by atoms with Crippen molar-refractivity contribution in [2.45, 2.75) is 41.0 Å². The van der Waals surface area contributed by atoms with Gasteiger partial charge in [0.15, 0.2) is 10.8 Å². The zero-order valence-electron chi connectivity index (χ0n) is 11.8. The molecule has 0 unspecified atom stereocenters. The number of carbonyl (C=O) groups excluding carboxylic acids is 1. The van der Waals surface area contributed by atoms with E-state index in [1.165, 1.54) is 11.3 Å². The number of anilines is 1. The maximum absolute atomic E-state index is 11.6. The number of rotatable bonds is 5. The lowest BCUT2D eigenvalue weighted by atomic mass is 9.92. The Hall–Kier alpha value is -1.10. The molecule has 1 heterocycles. The van der Waals surface area contributed by atoms with E-state index >= 15 is 0 Å². The Morgan fingerprint density at radius 2 is 2.11 bits per heavy atom. The highest BCUT2D eigenvalue weighted by Gasteiger charge is 2.16. The molecule has 0 fully saturated rings. The molecule has 102 valence electrons. The Morgan fingerprint density at radius 3 is 2.67 bits per heavy atom. The van der Waals surface area contributed by atoms with Crippen LogP contribution in [0.2, 0.25) is 0 Å². The minimum atomic E-state index is -0.338. The third kappa shape index (κ3) is 4.64. The molecule has 0 radical (unpaired) electrons. The molecule has 18 heavy (non-hydrogen) atoms. The third-order valence-corrected chi connectivity index (χ3v) is 3.35. The summed E-state index contributed by atoms with van der Waals surface area (Å²) >= 11 is 1.50. The molecule has 1 aromatic heterocycles. The fourth-order valence-corrected chi connectivity index (χ4v) is 2.23. The van der Waals surface area contributed by atoms with Crippen molar-refractivity contribution in [3.63, 3.8) is 0 Å². The van der Waals surface area contributed by atoms with Crippen LogP contribution < -0.4 is 5.32 Å². The van der Waals surface area contributed by atoms with E-state index in [2.05, 4.69) is 31.1 Å². The number of esters is 1. The summed E-state index contributed by atoms with van der Waals surface area (Å²) in [4.78, 5) is 16.8. The molecule has 1 rings (SSSR count). The second-order valence-corrected chi connectivity index (χ2v) is 6.58. The van der Waals surface area contributed by atoms with Crippen LogP contribution in [-0.2, 0) is 4.74 Å². The summed E-state index contributed by atoms with van der Waals surface area (Å²) < 4.78 is 4.96. The Kier molecular flexibility index (Phi) is 5.14. The molecule has 0 saturated carbocycles. The quantitative estimate of drug-likeness (QED) is 0.832. The molecule has 0 aliphatic rings. The number of nitrogens with one attached hydrogen (secondary N) is 1. The second-order valence-electron chi connectivity index (χ2n) is 5.38. The van der Waals surface area contributed by atoms with Crippen molar-refractivity contribution in [3.05, 3.63) is 10.6 Å². The first kappa shape index (κ1) is 15.0. The minimum Gasteiger partial charge on any atom is -0.461 e. The van der Waals surface area contributed by atoms with E-state index in [1.54, 1.807) is 6.92 Å². The van der Waals surface area contributed by atoms with Crippen LogP contribution in [0, 0.1) is 12.3 Å². The smallest absolute Gasteiger partial charge is 0.358 e. The SMILES string of the molecule is CCOC(=O)c1nc(NCCC(C)(C)C)sc1C. The molecule has 4 nitrogen and oxygen atoms in total. The van der Waals surface area contributed by atoms with Gasteiger partial charge < -0.3 is 10.1 Å². The van der Waals surface area contributed by atoms with E-state index in [-0.39, 0.29) is 5.97 Å². The maximum atomic E-state index is 11.6. The molecule has 1 aromatic rings. The minimum absolute atomic E-state index is 0.295. The number of hydrogen-bond acceptors (Lipinski definition) is 5. The molecular formula is C13H22N2O2S. The summed E-state index contributed by atoms with van der Waals surface area (Å²) in [5, 5.41) is 4.05. The number of aryl methyl sites for hydroxylation is 1. The lowest BCUT2D eigenvalue weighted by Crippen LogP contribution is -2.13. The van der Waals surface area contributed by atoms with Crippen LogP contribution in [0.4, 0.5) is 5.13 Å². The van der Waals surface area contributed by atoms with E-state index in [4.69, 9.17) is 4.74 Å². The van der Waals surface area contributed by atoms with Crippen LogP contribution in [0.15, 0.2) is 0 Å². The van der Waals surface area contributed by atoms with E-state index in [9.17, 15) is 4.79 Å². The summed E-state index contributed by atoms with van der Waals surface area (Å²) in [6, 6.07) is 0. The molecule has 0 aliphatic heterocycles. The highest BCUT2D eigenvalue weighted by atomic mass is 32.1. The Bertz CT molecular complexity index is 408. The number of ether oxygens (including phenoxy) is 1. The van der Waals surface area contributed by atoms with Crippen molar-refractivity contribution in [3.8, 4) is 0 Å². The normalized spacial score (nSPS) is 11.4. The Labute approximate surface area is 113 Å². The molecule has 0 aromatic carbocycles. The van der Waals surface area contributed by atoms with Crippen LogP contribution in [0.25, 0.3) is 0 Å². The highest BCUT2D eigenvalue weighted by Crippen LogP contribution is 2.24. The molecule has 0 aliphatic carbocycles. The number of nitrogens with zero attached hydrogens (tertiary/aromatic N) is 1. The molecule has 0 spiro atoms. The van der Waals surface area contributed by atoms with Crippen molar-refractivity contribution in [2.75, 3.05) is 18.5 Å². The summed E-state index contributed by atoms with van der Waals surface area (Å²) in [5.74, 6) is -0.338. The highest BCUT2D eigenvalue weighted by molar-refractivity contribution is 7.15. The van der Waals surface area contributed by atoms with E-state index in [1.807, 2.05) is 6.92 Å². The van der Waals surface area contributed by atoms with Crippen molar-refractivity contribution >= 4 is 22.4 Å². The van der Waals surface area contributed by atoms with Gasteiger partial charge in [-0.25, -0.2) is 9.78 Å². The van der Waals surface area contributed by atoms with Gasteiger partial charge in [0.1, 0.15) is 0 Å². The first-order valence-electron chi connectivity index (χ1n) is 6.22. The fraction of sp³-hybridized carbons (Fsp3) is 0.692. The monoisotopic (exact) mass is 270 g/mol. The summed E-state index contributed by atoms with van der Waals surface area (Å²) in [6.45, 7) is 11.5. The molecule has 5 heteroatoms. The molecule has 0 saturated heterocycles.